The fourth-order valence-electron chi connectivity index (χ4n) is 5.13. The number of anilines is 2. The molecule has 39 heavy (non-hydrogen) atoms. The summed E-state index contributed by atoms with van der Waals surface area (Å²) in [6.45, 7) is 2.49. The lowest BCUT2D eigenvalue weighted by Gasteiger charge is -2.36. The van der Waals surface area contributed by atoms with Gasteiger partial charge in [-0.05, 0) is 48.9 Å². The van der Waals surface area contributed by atoms with Crippen molar-refractivity contribution in [3.8, 4) is 0 Å². The number of hydrogen-bond acceptors (Lipinski definition) is 5. The van der Waals surface area contributed by atoms with Crippen molar-refractivity contribution in [3.63, 3.8) is 0 Å². The first kappa shape index (κ1) is 25.8. The van der Waals surface area contributed by atoms with Crippen molar-refractivity contribution in [3.05, 3.63) is 95.1 Å². The number of carbonyl (C=O) groups is 4. The first-order valence-electron chi connectivity index (χ1n) is 12.6. The Hall–Kier alpha value is -4.86. The molecule has 0 bridgehead atoms. The smallest absolute Gasteiger partial charge is 0.412 e. The molecular formula is C29H28N4O6. The molecule has 0 radical (unpaired) electrons. The number of benzene rings is 3. The second kappa shape index (κ2) is 10.5. The van der Waals surface area contributed by atoms with Crippen molar-refractivity contribution in [2.45, 2.75) is 31.4 Å². The van der Waals surface area contributed by atoms with Crippen LogP contribution in [0.15, 0.2) is 72.8 Å². The summed E-state index contributed by atoms with van der Waals surface area (Å²) in [4.78, 5) is 51.9. The third-order valence-electron chi connectivity index (χ3n) is 7.02. The molecule has 1 spiro atoms. The molecule has 3 aromatic rings. The number of carboxylic acid groups (broad SMARTS) is 1. The summed E-state index contributed by atoms with van der Waals surface area (Å²) in [5, 5.41) is 16.7. The molecule has 2 aliphatic rings. The lowest BCUT2D eigenvalue weighted by molar-refractivity contribution is -0.133. The lowest BCUT2D eigenvalue weighted by Crippen LogP contribution is -2.50. The van der Waals surface area contributed by atoms with E-state index in [4.69, 9.17) is 9.84 Å². The summed E-state index contributed by atoms with van der Waals surface area (Å²) in [5.41, 5.74) is 3.03. The minimum absolute atomic E-state index is 0.173. The van der Waals surface area contributed by atoms with Crippen molar-refractivity contribution in [1.82, 2.24) is 10.2 Å². The van der Waals surface area contributed by atoms with Gasteiger partial charge in [0, 0.05) is 36.2 Å². The Bertz CT molecular complexity index is 1430. The largest absolute Gasteiger partial charge is 0.465 e. The zero-order valence-electron chi connectivity index (χ0n) is 21.3. The van der Waals surface area contributed by atoms with Gasteiger partial charge in [-0.25, -0.2) is 9.59 Å². The average molecular weight is 529 g/mol. The van der Waals surface area contributed by atoms with Gasteiger partial charge in [-0.3, -0.25) is 20.2 Å². The number of aryl methyl sites for hydroxylation is 1. The zero-order chi connectivity index (χ0) is 27.6. The van der Waals surface area contributed by atoms with Crippen LogP contribution in [0.3, 0.4) is 0 Å². The average Bonchev–Trinajstić information content (AvgIpc) is 3.33. The van der Waals surface area contributed by atoms with Gasteiger partial charge in [0.05, 0.1) is 12.2 Å². The zero-order valence-corrected chi connectivity index (χ0v) is 21.3. The Labute approximate surface area is 225 Å². The van der Waals surface area contributed by atoms with Crippen molar-refractivity contribution < 1.29 is 29.0 Å². The number of nitrogens with zero attached hydrogens (tertiary/aromatic N) is 1. The van der Waals surface area contributed by atoms with E-state index in [-0.39, 0.29) is 24.4 Å². The Morgan fingerprint density at radius 1 is 1.08 bits per heavy atom. The molecular weight excluding hydrogens is 500 g/mol. The third-order valence-corrected chi connectivity index (χ3v) is 7.02. The molecule has 0 aromatic heterocycles. The van der Waals surface area contributed by atoms with Gasteiger partial charge in [-0.15, -0.1) is 0 Å². The quantitative estimate of drug-likeness (QED) is 0.380. The Morgan fingerprint density at radius 2 is 1.82 bits per heavy atom. The van der Waals surface area contributed by atoms with Crippen molar-refractivity contribution >= 4 is 35.4 Å². The molecule has 10 nitrogen and oxygen atoms in total. The lowest BCUT2D eigenvalue weighted by atomic mass is 9.89. The molecule has 1 saturated heterocycles. The maximum atomic E-state index is 13.9. The highest BCUT2D eigenvalue weighted by molar-refractivity contribution is 5.98. The number of carbonyl (C=O) groups excluding carboxylic acids is 3. The maximum absolute atomic E-state index is 13.9. The summed E-state index contributed by atoms with van der Waals surface area (Å²) in [6.07, 6.45) is -1.06. The Balaban J connectivity index is 1.37. The fourth-order valence-corrected chi connectivity index (χ4v) is 5.13. The molecule has 0 aliphatic carbocycles. The van der Waals surface area contributed by atoms with Crippen LogP contribution in [0.2, 0.25) is 0 Å². The third kappa shape index (κ3) is 5.54. The number of nitrogens with one attached hydrogen (secondary N) is 3. The van der Waals surface area contributed by atoms with E-state index in [9.17, 15) is 19.2 Å². The van der Waals surface area contributed by atoms with Crippen molar-refractivity contribution in [1.29, 1.82) is 0 Å². The van der Waals surface area contributed by atoms with E-state index in [2.05, 4.69) is 16.0 Å². The van der Waals surface area contributed by atoms with E-state index in [1.807, 2.05) is 55.5 Å². The van der Waals surface area contributed by atoms with Crippen LogP contribution in [0.25, 0.3) is 0 Å². The summed E-state index contributed by atoms with van der Waals surface area (Å²) in [5.74, 6) is -0.744. The maximum Gasteiger partial charge on any atom is 0.412 e. The molecule has 200 valence electrons. The van der Waals surface area contributed by atoms with Gasteiger partial charge < -0.3 is 20.1 Å². The van der Waals surface area contributed by atoms with E-state index >= 15 is 0 Å². The standard InChI is InChI=1S/C29H28N4O6/c1-18-7-12-23-22(15-18)29(39-28(38)32-23)13-14-33(17-29)26(35)24(16-19-5-3-2-4-6-19)31-25(34)20-8-10-21(11-9-20)30-27(36)37/h2-12,15,24,30H,13-14,16-17H2,1H3,(H,31,34)(H,32,38)(H,36,37)/t24-,29-/m0/s1. The summed E-state index contributed by atoms with van der Waals surface area (Å²) in [7, 11) is 0. The number of ether oxygens (including phenoxy) is 1. The van der Waals surface area contributed by atoms with Crippen molar-refractivity contribution in [2.24, 2.45) is 0 Å². The molecule has 4 amide bonds. The Kier molecular flexibility index (Phi) is 6.93. The van der Waals surface area contributed by atoms with Crippen LogP contribution in [0.4, 0.5) is 21.0 Å². The van der Waals surface area contributed by atoms with Gasteiger partial charge in [-0.1, -0.05) is 42.0 Å². The number of amides is 4. The first-order valence-corrected chi connectivity index (χ1v) is 12.6. The summed E-state index contributed by atoms with van der Waals surface area (Å²) < 4.78 is 5.80. The van der Waals surface area contributed by atoms with Gasteiger partial charge >= 0.3 is 12.2 Å². The predicted octanol–water partition coefficient (Wildman–Crippen LogP) is 4.12. The monoisotopic (exact) mass is 528 g/mol. The molecule has 4 N–H and O–H groups in total. The predicted molar refractivity (Wildman–Crippen MR) is 144 cm³/mol. The number of likely N-dealkylation sites (tertiary alicyclic amines) is 1. The van der Waals surface area contributed by atoms with Crippen LogP contribution in [0.1, 0.15) is 33.5 Å². The van der Waals surface area contributed by atoms with E-state index in [1.165, 1.54) is 24.3 Å². The highest BCUT2D eigenvalue weighted by atomic mass is 16.6. The normalized spacial score (nSPS) is 18.5. The van der Waals surface area contributed by atoms with Gasteiger partial charge in [0.15, 0.2) is 5.60 Å². The van der Waals surface area contributed by atoms with E-state index in [1.54, 1.807) is 4.90 Å². The molecule has 3 aromatic carbocycles. The molecule has 2 heterocycles. The van der Waals surface area contributed by atoms with Gasteiger partial charge in [0.2, 0.25) is 5.91 Å². The van der Waals surface area contributed by atoms with Crippen LogP contribution in [0.5, 0.6) is 0 Å². The highest BCUT2D eigenvalue weighted by Gasteiger charge is 2.49. The number of fused-ring (bicyclic) bond motifs is 2. The summed E-state index contributed by atoms with van der Waals surface area (Å²) >= 11 is 0. The topological polar surface area (TPSA) is 137 Å². The molecule has 10 heteroatoms. The molecule has 1 fully saturated rings. The fraction of sp³-hybridized carbons (Fsp3) is 0.241. The summed E-state index contributed by atoms with van der Waals surface area (Å²) in [6, 6.07) is 20.2. The number of hydrogen-bond donors (Lipinski definition) is 4. The molecule has 0 saturated carbocycles. The second-order valence-corrected chi connectivity index (χ2v) is 9.79. The van der Waals surface area contributed by atoms with Crippen LogP contribution in [-0.2, 0) is 21.6 Å². The SMILES string of the molecule is Cc1ccc2c(c1)[C@@]1(CCN(C(=O)[C@H](Cc3ccccc3)NC(=O)c3ccc(NC(=O)O)cc3)C1)OC(=O)N2. The van der Waals surface area contributed by atoms with Crippen LogP contribution < -0.4 is 16.0 Å². The Morgan fingerprint density at radius 3 is 2.54 bits per heavy atom. The van der Waals surface area contributed by atoms with E-state index < -0.39 is 29.7 Å². The minimum Gasteiger partial charge on any atom is -0.465 e. The van der Waals surface area contributed by atoms with Crippen molar-refractivity contribution in [2.75, 3.05) is 23.7 Å². The molecule has 5 rings (SSSR count). The highest BCUT2D eigenvalue weighted by Crippen LogP contribution is 2.43. The minimum atomic E-state index is -1.21. The van der Waals surface area contributed by atoms with Gasteiger partial charge in [0.25, 0.3) is 5.91 Å². The molecule has 2 atom stereocenters. The van der Waals surface area contributed by atoms with Gasteiger partial charge in [-0.2, -0.15) is 0 Å². The van der Waals surface area contributed by atoms with Crippen LogP contribution in [-0.4, -0.2) is 53.1 Å². The van der Waals surface area contributed by atoms with Crippen LogP contribution in [0, 0.1) is 6.92 Å². The molecule has 0 unspecified atom stereocenters. The van der Waals surface area contributed by atoms with Gasteiger partial charge in [0.1, 0.15) is 6.04 Å². The molecule has 2 aliphatic heterocycles. The number of rotatable bonds is 6. The second-order valence-electron chi connectivity index (χ2n) is 9.79. The van der Waals surface area contributed by atoms with E-state index in [0.29, 0.717) is 24.3 Å². The first-order chi connectivity index (χ1) is 18.7. The van der Waals surface area contributed by atoms with E-state index in [0.717, 1.165) is 16.7 Å². The van der Waals surface area contributed by atoms with Crippen LogP contribution >= 0.6 is 0 Å².